The molecule has 0 spiro atoms. The van der Waals surface area contributed by atoms with Crippen molar-refractivity contribution < 1.29 is 28.4 Å². The molecule has 1 unspecified atom stereocenters. The molecule has 1 amide bonds. The van der Waals surface area contributed by atoms with Crippen molar-refractivity contribution in [2.24, 2.45) is 5.92 Å². The van der Waals surface area contributed by atoms with E-state index in [9.17, 15) is 28.5 Å². The largest absolute Gasteiger partial charge is 0.480 e. The lowest BCUT2D eigenvalue weighted by molar-refractivity contribution is -0.387. The van der Waals surface area contributed by atoms with E-state index in [1.54, 1.807) is 0 Å². The van der Waals surface area contributed by atoms with Gasteiger partial charge in [0, 0.05) is 0 Å². The van der Waals surface area contributed by atoms with Gasteiger partial charge >= 0.3 is 11.7 Å². The van der Waals surface area contributed by atoms with Crippen molar-refractivity contribution in [1.29, 1.82) is 0 Å². The van der Waals surface area contributed by atoms with Gasteiger partial charge in [-0.15, -0.1) is 0 Å². The summed E-state index contributed by atoms with van der Waals surface area (Å²) in [6.45, 7) is 3.01. The smallest absolute Gasteiger partial charge is 0.326 e. The van der Waals surface area contributed by atoms with Crippen LogP contribution < -0.4 is 5.32 Å². The predicted molar refractivity (Wildman–Crippen MR) is 66.7 cm³/mol. The van der Waals surface area contributed by atoms with Gasteiger partial charge in [0.05, 0.1) is 16.6 Å². The van der Waals surface area contributed by atoms with Gasteiger partial charge in [0.25, 0.3) is 5.91 Å². The van der Waals surface area contributed by atoms with E-state index >= 15 is 0 Å². The fraction of sp³-hybridized carbons (Fsp3) is 0.333. The van der Waals surface area contributed by atoms with Gasteiger partial charge in [0.2, 0.25) is 5.82 Å². The Hall–Kier alpha value is -2.58. The summed E-state index contributed by atoms with van der Waals surface area (Å²) < 4.78 is 27.0. The molecule has 1 atom stereocenters. The van der Waals surface area contributed by atoms with Gasteiger partial charge in [-0.25, -0.2) is 9.18 Å². The number of aliphatic carboxylic acids is 1. The van der Waals surface area contributed by atoms with Crippen molar-refractivity contribution in [1.82, 2.24) is 5.32 Å². The molecule has 0 saturated heterocycles. The maximum atomic E-state index is 13.8. The molecule has 0 aliphatic heterocycles. The fourth-order valence-electron chi connectivity index (χ4n) is 1.61. The van der Waals surface area contributed by atoms with E-state index in [1.807, 2.05) is 5.32 Å². The zero-order valence-electron chi connectivity index (χ0n) is 11.1. The number of nitrogens with zero attached hydrogens (tertiary/aromatic N) is 1. The summed E-state index contributed by atoms with van der Waals surface area (Å²) in [5.74, 6) is -5.81. The summed E-state index contributed by atoms with van der Waals surface area (Å²) in [7, 11) is 0. The first-order chi connectivity index (χ1) is 9.65. The molecule has 2 N–H and O–H groups in total. The first-order valence-electron chi connectivity index (χ1n) is 5.82. The minimum atomic E-state index is -1.52. The molecular formula is C12H12F2N2O5. The Labute approximate surface area is 117 Å². The maximum absolute atomic E-state index is 13.8. The van der Waals surface area contributed by atoms with Gasteiger partial charge in [0.1, 0.15) is 11.9 Å². The first-order valence-corrected chi connectivity index (χ1v) is 5.82. The number of carbonyl (C=O) groups is 2. The fourth-order valence-corrected chi connectivity index (χ4v) is 1.61. The average Bonchev–Trinajstić information content (AvgIpc) is 2.36. The van der Waals surface area contributed by atoms with E-state index in [1.165, 1.54) is 13.8 Å². The Morgan fingerprint density at radius 3 is 2.33 bits per heavy atom. The Balaban J connectivity index is 3.19. The number of nitrogens with one attached hydrogen (secondary N) is 1. The van der Waals surface area contributed by atoms with Crippen molar-refractivity contribution in [2.75, 3.05) is 0 Å². The topological polar surface area (TPSA) is 110 Å². The number of carboxylic acids is 1. The van der Waals surface area contributed by atoms with Gasteiger partial charge in [-0.05, 0) is 12.0 Å². The van der Waals surface area contributed by atoms with Crippen LogP contribution in [-0.2, 0) is 4.79 Å². The maximum Gasteiger partial charge on any atom is 0.326 e. The van der Waals surface area contributed by atoms with Crippen LogP contribution in [0.1, 0.15) is 24.2 Å². The third kappa shape index (κ3) is 3.71. The van der Waals surface area contributed by atoms with E-state index in [0.717, 1.165) is 0 Å². The standard InChI is InChI=1S/C12H12F2N2O5/c1-5(2)10(12(18)19)15-11(17)7-3-6(13)4-8(9(7)14)16(20)21/h3-5,10H,1-2H3,(H,15,17)(H,18,19). The van der Waals surface area contributed by atoms with Crippen LogP contribution in [-0.4, -0.2) is 27.9 Å². The Bertz CT molecular complexity index is 604. The van der Waals surface area contributed by atoms with Crippen molar-refractivity contribution >= 4 is 17.6 Å². The van der Waals surface area contributed by atoms with Crippen molar-refractivity contribution in [3.05, 3.63) is 39.4 Å². The summed E-state index contributed by atoms with van der Waals surface area (Å²) in [6.07, 6.45) is 0. The predicted octanol–water partition coefficient (Wildman–Crippen LogP) is 1.71. The minimum absolute atomic E-state index is 0.337. The van der Waals surface area contributed by atoms with Crippen molar-refractivity contribution in [3.8, 4) is 0 Å². The zero-order chi connectivity index (χ0) is 16.3. The number of benzene rings is 1. The molecule has 0 aliphatic rings. The van der Waals surface area contributed by atoms with Crippen LogP contribution in [0.2, 0.25) is 0 Å². The molecule has 0 heterocycles. The number of nitro groups is 1. The van der Waals surface area contributed by atoms with Crippen molar-refractivity contribution in [2.45, 2.75) is 19.9 Å². The average molecular weight is 302 g/mol. The highest BCUT2D eigenvalue weighted by atomic mass is 19.1. The molecule has 1 aromatic carbocycles. The van der Waals surface area contributed by atoms with Gasteiger partial charge in [-0.3, -0.25) is 14.9 Å². The van der Waals surface area contributed by atoms with Crippen LogP contribution >= 0.6 is 0 Å². The van der Waals surface area contributed by atoms with Crippen LogP contribution in [0.25, 0.3) is 0 Å². The second-order valence-corrected chi connectivity index (χ2v) is 4.58. The lowest BCUT2D eigenvalue weighted by atomic mass is 10.0. The number of halogens is 2. The van der Waals surface area contributed by atoms with Gasteiger partial charge in [0.15, 0.2) is 0 Å². The zero-order valence-corrected chi connectivity index (χ0v) is 11.1. The van der Waals surface area contributed by atoms with Gasteiger partial charge in [-0.1, -0.05) is 13.8 Å². The number of rotatable bonds is 5. The highest BCUT2D eigenvalue weighted by Crippen LogP contribution is 2.22. The quantitative estimate of drug-likeness (QED) is 0.635. The van der Waals surface area contributed by atoms with E-state index in [-0.39, 0.29) is 0 Å². The third-order valence-corrected chi connectivity index (χ3v) is 2.68. The summed E-state index contributed by atoms with van der Waals surface area (Å²) in [5, 5.41) is 21.5. The van der Waals surface area contributed by atoms with Crippen LogP contribution in [0.4, 0.5) is 14.5 Å². The minimum Gasteiger partial charge on any atom is -0.480 e. The molecular weight excluding hydrogens is 290 g/mol. The van der Waals surface area contributed by atoms with Crippen LogP contribution in [0.5, 0.6) is 0 Å². The molecule has 0 radical (unpaired) electrons. The Morgan fingerprint density at radius 2 is 1.90 bits per heavy atom. The van der Waals surface area contributed by atoms with Crippen LogP contribution in [0, 0.1) is 27.7 Å². The third-order valence-electron chi connectivity index (χ3n) is 2.68. The molecule has 1 rings (SSSR count). The number of carbonyl (C=O) groups excluding carboxylic acids is 1. The van der Waals surface area contributed by atoms with Gasteiger partial charge < -0.3 is 10.4 Å². The van der Waals surface area contributed by atoms with E-state index < -0.39 is 51.6 Å². The molecule has 0 fully saturated rings. The van der Waals surface area contributed by atoms with E-state index in [0.29, 0.717) is 12.1 Å². The number of amides is 1. The summed E-state index contributed by atoms with van der Waals surface area (Å²) in [5.41, 5.74) is -2.12. The number of hydrogen-bond donors (Lipinski definition) is 2. The lowest BCUT2D eigenvalue weighted by Crippen LogP contribution is -2.44. The van der Waals surface area contributed by atoms with E-state index in [4.69, 9.17) is 5.11 Å². The summed E-state index contributed by atoms with van der Waals surface area (Å²) >= 11 is 0. The molecule has 21 heavy (non-hydrogen) atoms. The number of nitro benzene ring substituents is 1. The molecule has 114 valence electrons. The van der Waals surface area contributed by atoms with Gasteiger partial charge in [-0.2, -0.15) is 4.39 Å². The van der Waals surface area contributed by atoms with Crippen LogP contribution in [0.15, 0.2) is 12.1 Å². The second kappa shape index (κ2) is 6.25. The lowest BCUT2D eigenvalue weighted by Gasteiger charge is -2.18. The summed E-state index contributed by atoms with van der Waals surface area (Å²) in [4.78, 5) is 32.1. The molecule has 0 saturated carbocycles. The SMILES string of the molecule is CC(C)C(NC(=O)c1cc(F)cc([N+](=O)[O-])c1F)C(=O)O. The molecule has 0 bridgehead atoms. The monoisotopic (exact) mass is 302 g/mol. The van der Waals surface area contributed by atoms with E-state index in [2.05, 4.69) is 0 Å². The highest BCUT2D eigenvalue weighted by Gasteiger charge is 2.28. The summed E-state index contributed by atoms with van der Waals surface area (Å²) in [6, 6.07) is -0.528. The highest BCUT2D eigenvalue weighted by molar-refractivity contribution is 5.97. The Kier molecular flexibility index (Phi) is 4.90. The normalized spacial score (nSPS) is 12.0. The second-order valence-electron chi connectivity index (χ2n) is 4.58. The molecule has 0 aromatic heterocycles. The first kappa shape index (κ1) is 16.5. The van der Waals surface area contributed by atoms with Crippen LogP contribution in [0.3, 0.4) is 0 Å². The molecule has 0 aliphatic carbocycles. The number of carboxylic acid groups (broad SMARTS) is 1. The van der Waals surface area contributed by atoms with Crippen molar-refractivity contribution in [3.63, 3.8) is 0 Å². The number of hydrogen-bond acceptors (Lipinski definition) is 4. The molecule has 7 nitrogen and oxygen atoms in total. The molecule has 9 heteroatoms. The molecule has 1 aromatic rings. The Morgan fingerprint density at radius 1 is 1.33 bits per heavy atom.